The first-order chi connectivity index (χ1) is 8.69. The molecule has 0 radical (unpaired) electrons. The van der Waals surface area contributed by atoms with Gasteiger partial charge in [-0.3, -0.25) is 14.1 Å². The molecular formula is C11H23NO6S. The van der Waals surface area contributed by atoms with E-state index in [4.69, 9.17) is 9.29 Å². The van der Waals surface area contributed by atoms with Gasteiger partial charge < -0.3 is 4.74 Å². The third-order valence-electron chi connectivity index (χ3n) is 2.13. The Hall–Kier alpha value is -0.960. The number of esters is 1. The molecule has 0 bridgehead atoms. The van der Waals surface area contributed by atoms with Gasteiger partial charge in [0.2, 0.25) is 0 Å². The molecule has 8 heteroatoms. The van der Waals surface area contributed by atoms with E-state index in [2.05, 4.69) is 29.9 Å². The van der Waals surface area contributed by atoms with E-state index in [-0.39, 0.29) is 12.2 Å². The highest BCUT2D eigenvalue weighted by Gasteiger charge is 2.10. The van der Waals surface area contributed by atoms with Gasteiger partial charge >= 0.3 is 16.4 Å². The Labute approximate surface area is 114 Å². The standard InChI is InChI=1S/C10H19NO2.CH4O4S/c1-5-9(6-2)11-8(4)13-10(12)7-3;1-5-6(2,3)4/h7-9,11H,3,5-6H2,1-2,4H3;1H3,(H,2,3,4). The molecule has 2 N–H and O–H groups in total. The van der Waals surface area contributed by atoms with Gasteiger partial charge in [-0.15, -0.1) is 0 Å². The molecule has 0 fully saturated rings. The first-order valence-electron chi connectivity index (χ1n) is 5.82. The third kappa shape index (κ3) is 15.0. The van der Waals surface area contributed by atoms with Crippen LogP contribution >= 0.6 is 0 Å². The fourth-order valence-corrected chi connectivity index (χ4v) is 1.11. The average molecular weight is 297 g/mol. The first-order valence-corrected chi connectivity index (χ1v) is 7.18. The molecule has 0 saturated heterocycles. The van der Waals surface area contributed by atoms with Crippen LogP contribution in [0.4, 0.5) is 0 Å². The molecule has 0 spiro atoms. The Morgan fingerprint density at radius 2 is 1.84 bits per heavy atom. The molecule has 0 aliphatic heterocycles. The number of ether oxygens (including phenoxy) is 1. The number of carbonyl (C=O) groups excluding carboxylic acids is 1. The monoisotopic (exact) mass is 297 g/mol. The summed E-state index contributed by atoms with van der Waals surface area (Å²) in [6.45, 7) is 9.35. The molecule has 0 aliphatic rings. The zero-order chi connectivity index (χ0) is 15.5. The molecular weight excluding hydrogens is 274 g/mol. The van der Waals surface area contributed by atoms with Crippen molar-refractivity contribution in [2.24, 2.45) is 0 Å². The lowest BCUT2D eigenvalue weighted by Gasteiger charge is -2.20. The minimum absolute atomic E-state index is 0.240. The SMILES string of the molecule is C=CC(=O)OC(C)NC(CC)CC.COS(=O)(=O)O. The zero-order valence-corrected chi connectivity index (χ0v) is 12.6. The smallest absolute Gasteiger partial charge is 0.397 e. The van der Waals surface area contributed by atoms with E-state index in [0.29, 0.717) is 6.04 Å². The number of hydrogen-bond donors (Lipinski definition) is 2. The van der Waals surface area contributed by atoms with Crippen molar-refractivity contribution in [3.05, 3.63) is 12.7 Å². The molecule has 0 saturated carbocycles. The molecule has 0 rings (SSSR count). The van der Waals surface area contributed by atoms with Gasteiger partial charge in [-0.05, 0) is 19.8 Å². The Morgan fingerprint density at radius 3 is 2.11 bits per heavy atom. The summed E-state index contributed by atoms with van der Waals surface area (Å²) in [5.74, 6) is -0.383. The van der Waals surface area contributed by atoms with Crippen LogP contribution in [0, 0.1) is 0 Å². The van der Waals surface area contributed by atoms with E-state index in [1.807, 2.05) is 6.92 Å². The average Bonchev–Trinajstić information content (AvgIpc) is 2.35. The highest BCUT2D eigenvalue weighted by molar-refractivity contribution is 7.80. The van der Waals surface area contributed by atoms with Crippen molar-refractivity contribution in [2.75, 3.05) is 7.11 Å². The Bertz CT molecular complexity index is 350. The van der Waals surface area contributed by atoms with Gasteiger partial charge in [-0.2, -0.15) is 8.42 Å². The van der Waals surface area contributed by atoms with Crippen LogP contribution < -0.4 is 5.32 Å². The summed E-state index contributed by atoms with van der Waals surface area (Å²) in [4.78, 5) is 10.8. The van der Waals surface area contributed by atoms with Gasteiger partial charge in [0.25, 0.3) is 0 Å². The van der Waals surface area contributed by atoms with Gasteiger partial charge in [0.1, 0.15) is 0 Å². The van der Waals surface area contributed by atoms with Crippen molar-refractivity contribution in [3.63, 3.8) is 0 Å². The predicted molar refractivity (Wildman–Crippen MR) is 71.8 cm³/mol. The number of rotatable bonds is 7. The molecule has 0 amide bonds. The quantitative estimate of drug-likeness (QED) is 0.316. The second kappa shape index (κ2) is 10.9. The largest absolute Gasteiger partial charge is 0.444 e. The number of nitrogens with one attached hydrogen (secondary N) is 1. The number of hydrogen-bond acceptors (Lipinski definition) is 6. The molecule has 0 aliphatic carbocycles. The molecule has 7 nitrogen and oxygen atoms in total. The number of carbonyl (C=O) groups is 1. The maximum atomic E-state index is 10.8. The van der Waals surface area contributed by atoms with E-state index < -0.39 is 10.4 Å². The summed E-state index contributed by atoms with van der Waals surface area (Å²) < 4.78 is 34.7. The van der Waals surface area contributed by atoms with Crippen molar-refractivity contribution in [1.82, 2.24) is 5.32 Å². The van der Waals surface area contributed by atoms with Crippen molar-refractivity contribution < 1.29 is 26.7 Å². The van der Waals surface area contributed by atoms with Crippen molar-refractivity contribution in [3.8, 4) is 0 Å². The van der Waals surface area contributed by atoms with Gasteiger partial charge in [-0.1, -0.05) is 20.4 Å². The van der Waals surface area contributed by atoms with Crippen molar-refractivity contribution >= 4 is 16.4 Å². The maximum Gasteiger partial charge on any atom is 0.397 e. The molecule has 1 atom stereocenters. The summed E-state index contributed by atoms with van der Waals surface area (Å²) in [5, 5.41) is 3.19. The lowest BCUT2D eigenvalue weighted by Crippen LogP contribution is -2.38. The van der Waals surface area contributed by atoms with Crippen molar-refractivity contribution in [2.45, 2.75) is 45.9 Å². The van der Waals surface area contributed by atoms with Crippen LogP contribution in [0.1, 0.15) is 33.6 Å². The highest BCUT2D eigenvalue weighted by atomic mass is 32.3. The Morgan fingerprint density at radius 1 is 1.42 bits per heavy atom. The first kappa shape index (κ1) is 20.4. The predicted octanol–water partition coefficient (Wildman–Crippen LogP) is 1.28. The zero-order valence-electron chi connectivity index (χ0n) is 11.8. The highest BCUT2D eigenvalue weighted by Crippen LogP contribution is 1.99. The molecule has 1 unspecified atom stereocenters. The van der Waals surface area contributed by atoms with Crippen LogP contribution in [-0.4, -0.2) is 38.3 Å². The van der Waals surface area contributed by atoms with Gasteiger partial charge in [0, 0.05) is 12.1 Å². The molecule has 0 aromatic carbocycles. The normalized spacial score (nSPS) is 12.3. The van der Waals surface area contributed by atoms with Gasteiger partial charge in [0.05, 0.1) is 7.11 Å². The second-order valence-electron chi connectivity index (χ2n) is 3.56. The summed E-state index contributed by atoms with van der Waals surface area (Å²) in [6, 6.07) is 0.410. The summed E-state index contributed by atoms with van der Waals surface area (Å²) in [7, 11) is -3.29. The maximum absolute atomic E-state index is 10.8. The Balaban J connectivity index is 0. The summed E-state index contributed by atoms with van der Waals surface area (Å²) >= 11 is 0. The van der Waals surface area contributed by atoms with Crippen LogP contribution in [0.25, 0.3) is 0 Å². The van der Waals surface area contributed by atoms with Crippen LogP contribution in [-0.2, 0) is 24.1 Å². The lowest BCUT2D eigenvalue weighted by atomic mass is 10.2. The Kier molecular flexibility index (Phi) is 11.7. The van der Waals surface area contributed by atoms with Crippen LogP contribution in [0.3, 0.4) is 0 Å². The molecule has 114 valence electrons. The van der Waals surface area contributed by atoms with E-state index in [1.54, 1.807) is 0 Å². The van der Waals surface area contributed by atoms with Crippen LogP contribution in [0.2, 0.25) is 0 Å². The van der Waals surface area contributed by atoms with Crippen LogP contribution in [0.5, 0.6) is 0 Å². The van der Waals surface area contributed by atoms with E-state index in [9.17, 15) is 13.2 Å². The summed E-state index contributed by atoms with van der Waals surface area (Å²) in [5.41, 5.74) is 0. The fourth-order valence-electron chi connectivity index (χ4n) is 1.11. The van der Waals surface area contributed by atoms with Gasteiger partial charge in [-0.25, -0.2) is 4.79 Å². The van der Waals surface area contributed by atoms with Gasteiger partial charge in [0.15, 0.2) is 6.23 Å². The fraction of sp³-hybridized carbons (Fsp3) is 0.727. The third-order valence-corrected chi connectivity index (χ3v) is 2.55. The van der Waals surface area contributed by atoms with E-state index >= 15 is 0 Å². The topological polar surface area (TPSA) is 102 Å². The molecule has 19 heavy (non-hydrogen) atoms. The molecule has 0 aromatic rings. The lowest BCUT2D eigenvalue weighted by molar-refractivity contribution is -0.144. The minimum Gasteiger partial charge on any atom is -0.444 e. The second-order valence-corrected chi connectivity index (χ2v) is 4.75. The van der Waals surface area contributed by atoms with E-state index in [1.165, 1.54) is 6.08 Å². The van der Waals surface area contributed by atoms with Crippen molar-refractivity contribution in [1.29, 1.82) is 0 Å². The van der Waals surface area contributed by atoms with Crippen LogP contribution in [0.15, 0.2) is 12.7 Å². The minimum atomic E-state index is -4.16. The molecule has 0 aromatic heterocycles. The summed E-state index contributed by atoms with van der Waals surface area (Å²) in [6.07, 6.45) is 3.00. The van der Waals surface area contributed by atoms with E-state index in [0.717, 1.165) is 20.0 Å². The molecule has 0 heterocycles.